The topological polar surface area (TPSA) is 20.2 Å². The van der Waals surface area contributed by atoms with Gasteiger partial charge in [0.25, 0.3) is 0 Å². The van der Waals surface area contributed by atoms with E-state index >= 15 is 0 Å². The van der Waals surface area contributed by atoms with Gasteiger partial charge in [0.15, 0.2) is 0 Å². The summed E-state index contributed by atoms with van der Waals surface area (Å²) in [4.78, 5) is 0. The molecule has 2 aromatic rings. The van der Waals surface area contributed by atoms with Crippen LogP contribution in [0.15, 0.2) is 54.6 Å². The van der Waals surface area contributed by atoms with Crippen molar-refractivity contribution >= 4 is 0 Å². The summed E-state index contributed by atoms with van der Waals surface area (Å²) in [6, 6.07) is 19.5. The molecular weight excluding hydrogens is 232 g/mol. The van der Waals surface area contributed by atoms with E-state index in [1.807, 2.05) is 0 Å². The molecule has 1 heteroatoms. The van der Waals surface area contributed by atoms with E-state index in [1.165, 1.54) is 16.7 Å². The van der Waals surface area contributed by atoms with Crippen molar-refractivity contribution in [3.05, 3.63) is 71.3 Å². The van der Waals surface area contributed by atoms with E-state index in [9.17, 15) is 0 Å². The molecule has 0 saturated heterocycles. The molecule has 0 bridgehead atoms. The number of aliphatic hydroxyl groups excluding tert-OH is 1. The van der Waals surface area contributed by atoms with E-state index in [0.29, 0.717) is 6.61 Å². The highest BCUT2D eigenvalue weighted by Crippen LogP contribution is 2.11. The summed E-state index contributed by atoms with van der Waals surface area (Å²) < 4.78 is 0. The number of aliphatic hydroxyl groups is 1. The highest BCUT2D eigenvalue weighted by Gasteiger charge is 1.97. The molecule has 0 aliphatic heterocycles. The zero-order valence-electron chi connectivity index (χ0n) is 11.4. The molecule has 2 aromatic carbocycles. The Balaban J connectivity index is 1.81. The van der Waals surface area contributed by atoms with Crippen molar-refractivity contribution in [3.8, 4) is 0 Å². The third kappa shape index (κ3) is 4.88. The second kappa shape index (κ2) is 7.75. The van der Waals surface area contributed by atoms with Crippen molar-refractivity contribution in [2.45, 2.75) is 32.1 Å². The fraction of sp³-hybridized carbons (Fsp3) is 0.333. The standard InChI is InChI=1S/C18H22O/c19-15-5-4-8-17-10-13-18(14-11-17)12-9-16-6-2-1-3-7-16/h1-3,6-7,10-11,13-14,19H,4-5,8-9,12,15H2. The normalized spacial score (nSPS) is 10.6. The molecule has 0 aliphatic carbocycles. The second-order valence-electron chi connectivity index (χ2n) is 4.98. The van der Waals surface area contributed by atoms with Crippen molar-refractivity contribution in [1.29, 1.82) is 0 Å². The Hall–Kier alpha value is -1.60. The fourth-order valence-electron chi connectivity index (χ4n) is 2.25. The molecule has 0 spiro atoms. The van der Waals surface area contributed by atoms with Crippen LogP contribution in [0.5, 0.6) is 0 Å². The number of hydrogen-bond donors (Lipinski definition) is 1. The molecule has 0 aromatic heterocycles. The van der Waals surface area contributed by atoms with Gasteiger partial charge in [0.1, 0.15) is 0 Å². The SMILES string of the molecule is OCCCCc1ccc(CCc2ccccc2)cc1. The Morgan fingerprint density at radius 2 is 1.11 bits per heavy atom. The summed E-state index contributed by atoms with van der Waals surface area (Å²) in [5.74, 6) is 0. The summed E-state index contributed by atoms with van der Waals surface area (Å²) in [5, 5.41) is 8.77. The number of benzene rings is 2. The summed E-state index contributed by atoms with van der Waals surface area (Å²) in [6.45, 7) is 0.301. The number of unbranched alkanes of at least 4 members (excludes halogenated alkanes) is 1. The first-order valence-electron chi connectivity index (χ1n) is 7.11. The predicted molar refractivity (Wildman–Crippen MR) is 80.3 cm³/mol. The van der Waals surface area contributed by atoms with Gasteiger partial charge in [-0.2, -0.15) is 0 Å². The lowest BCUT2D eigenvalue weighted by molar-refractivity contribution is 0.284. The van der Waals surface area contributed by atoms with Gasteiger partial charge >= 0.3 is 0 Å². The molecule has 1 N–H and O–H groups in total. The van der Waals surface area contributed by atoms with E-state index in [4.69, 9.17) is 5.11 Å². The highest BCUT2D eigenvalue weighted by atomic mass is 16.2. The Morgan fingerprint density at radius 3 is 1.68 bits per heavy atom. The molecule has 0 heterocycles. The van der Waals surface area contributed by atoms with Gasteiger partial charge in [0.2, 0.25) is 0 Å². The molecule has 2 rings (SSSR count). The van der Waals surface area contributed by atoms with Crippen molar-refractivity contribution in [1.82, 2.24) is 0 Å². The third-order valence-corrected chi connectivity index (χ3v) is 3.44. The molecular formula is C18H22O. The van der Waals surface area contributed by atoms with Crippen LogP contribution in [-0.2, 0) is 19.3 Å². The molecule has 0 amide bonds. The van der Waals surface area contributed by atoms with E-state index < -0.39 is 0 Å². The lowest BCUT2D eigenvalue weighted by Gasteiger charge is -2.04. The smallest absolute Gasteiger partial charge is 0.0431 e. The maximum Gasteiger partial charge on any atom is 0.0431 e. The Labute approximate surface area is 115 Å². The van der Waals surface area contributed by atoms with Gasteiger partial charge in [-0.15, -0.1) is 0 Å². The molecule has 100 valence electrons. The molecule has 0 fully saturated rings. The van der Waals surface area contributed by atoms with Crippen LogP contribution in [0.25, 0.3) is 0 Å². The first kappa shape index (κ1) is 13.8. The Bertz CT molecular complexity index is 459. The summed E-state index contributed by atoms with van der Waals surface area (Å²) in [5.41, 5.74) is 4.17. The molecule has 19 heavy (non-hydrogen) atoms. The number of hydrogen-bond acceptors (Lipinski definition) is 1. The van der Waals surface area contributed by atoms with Crippen LogP contribution < -0.4 is 0 Å². The van der Waals surface area contributed by atoms with Crippen LogP contribution in [0.1, 0.15) is 29.5 Å². The van der Waals surface area contributed by atoms with Gasteiger partial charge < -0.3 is 5.11 Å². The molecule has 0 radical (unpaired) electrons. The molecule has 0 aliphatic rings. The molecule has 0 unspecified atom stereocenters. The van der Waals surface area contributed by atoms with Crippen molar-refractivity contribution < 1.29 is 5.11 Å². The number of aryl methyl sites for hydroxylation is 3. The quantitative estimate of drug-likeness (QED) is 0.745. The van der Waals surface area contributed by atoms with Gasteiger partial charge in [-0.1, -0.05) is 54.6 Å². The van der Waals surface area contributed by atoms with Crippen LogP contribution in [0.2, 0.25) is 0 Å². The van der Waals surface area contributed by atoms with Crippen LogP contribution in [0, 0.1) is 0 Å². The van der Waals surface area contributed by atoms with Gasteiger partial charge in [-0.05, 0) is 48.8 Å². The average molecular weight is 254 g/mol. The summed E-state index contributed by atoms with van der Waals surface area (Å²) in [6.07, 6.45) is 5.24. The first-order chi connectivity index (χ1) is 9.38. The predicted octanol–water partition coefficient (Wildman–Crippen LogP) is 3.79. The molecule has 0 saturated carbocycles. The molecule has 0 atom stereocenters. The minimum Gasteiger partial charge on any atom is -0.396 e. The Morgan fingerprint density at radius 1 is 0.579 bits per heavy atom. The fourth-order valence-corrected chi connectivity index (χ4v) is 2.25. The van der Waals surface area contributed by atoms with E-state index in [-0.39, 0.29) is 0 Å². The van der Waals surface area contributed by atoms with Crippen LogP contribution >= 0.6 is 0 Å². The maximum atomic E-state index is 8.77. The molecule has 1 nitrogen and oxygen atoms in total. The van der Waals surface area contributed by atoms with Gasteiger partial charge in [0.05, 0.1) is 0 Å². The average Bonchev–Trinajstić information content (AvgIpc) is 2.48. The van der Waals surface area contributed by atoms with Crippen LogP contribution in [0.4, 0.5) is 0 Å². The summed E-state index contributed by atoms with van der Waals surface area (Å²) >= 11 is 0. The minimum atomic E-state index is 0.301. The van der Waals surface area contributed by atoms with Crippen LogP contribution in [-0.4, -0.2) is 11.7 Å². The van der Waals surface area contributed by atoms with E-state index in [1.54, 1.807) is 0 Å². The lowest BCUT2D eigenvalue weighted by atomic mass is 10.0. The monoisotopic (exact) mass is 254 g/mol. The lowest BCUT2D eigenvalue weighted by Crippen LogP contribution is -1.93. The summed E-state index contributed by atoms with van der Waals surface area (Å²) in [7, 11) is 0. The van der Waals surface area contributed by atoms with Gasteiger partial charge in [0, 0.05) is 6.61 Å². The Kier molecular flexibility index (Phi) is 5.64. The minimum absolute atomic E-state index is 0.301. The van der Waals surface area contributed by atoms with E-state index in [0.717, 1.165) is 32.1 Å². The van der Waals surface area contributed by atoms with Crippen molar-refractivity contribution in [2.24, 2.45) is 0 Å². The maximum absolute atomic E-state index is 8.77. The highest BCUT2D eigenvalue weighted by molar-refractivity contribution is 5.24. The zero-order chi connectivity index (χ0) is 13.3. The van der Waals surface area contributed by atoms with Crippen molar-refractivity contribution in [2.75, 3.05) is 6.61 Å². The van der Waals surface area contributed by atoms with Crippen molar-refractivity contribution in [3.63, 3.8) is 0 Å². The van der Waals surface area contributed by atoms with Gasteiger partial charge in [-0.25, -0.2) is 0 Å². The van der Waals surface area contributed by atoms with E-state index in [2.05, 4.69) is 54.6 Å². The van der Waals surface area contributed by atoms with Gasteiger partial charge in [-0.3, -0.25) is 0 Å². The largest absolute Gasteiger partial charge is 0.396 e. The number of rotatable bonds is 7. The zero-order valence-corrected chi connectivity index (χ0v) is 11.4. The van der Waals surface area contributed by atoms with Crippen LogP contribution in [0.3, 0.4) is 0 Å². The first-order valence-corrected chi connectivity index (χ1v) is 7.11. The third-order valence-electron chi connectivity index (χ3n) is 3.44. The second-order valence-corrected chi connectivity index (χ2v) is 4.98.